The molecule has 1 aliphatic rings. The number of nitrogens with zero attached hydrogens (tertiary/aromatic N) is 1. The Kier molecular flexibility index (Phi) is 4.38. The van der Waals surface area contributed by atoms with Gasteiger partial charge in [-0.2, -0.15) is 11.8 Å². The maximum Gasteiger partial charge on any atom is 0.0387 e. The second-order valence-electron chi connectivity index (χ2n) is 3.92. The summed E-state index contributed by atoms with van der Waals surface area (Å²) >= 11 is 9.85. The molecular formula is C11H16ClNS2. The summed E-state index contributed by atoms with van der Waals surface area (Å²) in [6.45, 7) is 4.42. The van der Waals surface area contributed by atoms with E-state index in [0.717, 1.165) is 12.4 Å². The van der Waals surface area contributed by atoms with E-state index in [2.05, 4.69) is 23.3 Å². The Morgan fingerprint density at radius 3 is 3.13 bits per heavy atom. The lowest BCUT2D eigenvalue weighted by atomic mass is 10.2. The van der Waals surface area contributed by atoms with Gasteiger partial charge in [-0.3, -0.25) is 4.90 Å². The molecule has 1 aliphatic heterocycles. The summed E-state index contributed by atoms with van der Waals surface area (Å²) in [6, 6.07) is 2.85. The maximum atomic E-state index is 5.99. The summed E-state index contributed by atoms with van der Waals surface area (Å²) in [5.41, 5.74) is 1.44. The van der Waals surface area contributed by atoms with Crippen molar-refractivity contribution in [1.82, 2.24) is 4.90 Å². The van der Waals surface area contributed by atoms with Crippen molar-refractivity contribution in [3.8, 4) is 0 Å². The maximum absolute atomic E-state index is 5.99. The summed E-state index contributed by atoms with van der Waals surface area (Å²) < 4.78 is 0. The number of rotatable bonds is 3. The van der Waals surface area contributed by atoms with Crippen molar-refractivity contribution in [1.29, 1.82) is 0 Å². The minimum atomic E-state index is 0.561. The Hall–Kier alpha value is 0.300. The quantitative estimate of drug-likeness (QED) is 0.769. The van der Waals surface area contributed by atoms with Gasteiger partial charge >= 0.3 is 0 Å². The number of hydrogen-bond acceptors (Lipinski definition) is 3. The van der Waals surface area contributed by atoms with E-state index in [1.807, 2.05) is 23.1 Å². The minimum Gasteiger partial charge on any atom is -0.293 e. The van der Waals surface area contributed by atoms with Crippen LogP contribution in [0.1, 0.15) is 10.4 Å². The van der Waals surface area contributed by atoms with Crippen molar-refractivity contribution in [3.63, 3.8) is 0 Å². The van der Waals surface area contributed by atoms with Crippen molar-refractivity contribution in [2.45, 2.75) is 19.5 Å². The third-order valence-corrected chi connectivity index (χ3v) is 5.06. The molecule has 84 valence electrons. The minimum absolute atomic E-state index is 0.561. The zero-order valence-electron chi connectivity index (χ0n) is 8.91. The summed E-state index contributed by atoms with van der Waals surface area (Å²) in [7, 11) is 0. The van der Waals surface area contributed by atoms with E-state index in [0.29, 0.717) is 6.04 Å². The van der Waals surface area contributed by atoms with Gasteiger partial charge in [0.25, 0.3) is 0 Å². The molecule has 0 saturated carbocycles. The van der Waals surface area contributed by atoms with Crippen molar-refractivity contribution < 1.29 is 0 Å². The van der Waals surface area contributed by atoms with E-state index in [9.17, 15) is 0 Å². The third-order valence-electron chi connectivity index (χ3n) is 2.70. The molecule has 0 amide bonds. The fourth-order valence-electron chi connectivity index (χ4n) is 1.85. The molecule has 1 saturated heterocycles. The largest absolute Gasteiger partial charge is 0.293 e. The molecule has 4 heteroatoms. The summed E-state index contributed by atoms with van der Waals surface area (Å²) in [4.78, 5) is 3.92. The van der Waals surface area contributed by atoms with E-state index in [1.54, 1.807) is 0 Å². The number of thioether (sulfide) groups is 1. The molecule has 0 spiro atoms. The predicted octanol–water partition coefficient (Wildman–Crippen LogP) is 3.21. The standard InChI is InChI=1S/C11H16ClNS2/c1-9-4-10(7-15-9)6-13-2-3-14-8-11(13)5-12/h4,7,11H,2-3,5-6,8H2,1H3. The van der Waals surface area contributed by atoms with E-state index in [1.165, 1.54) is 28.5 Å². The Morgan fingerprint density at radius 2 is 2.47 bits per heavy atom. The highest BCUT2D eigenvalue weighted by Gasteiger charge is 2.21. The lowest BCUT2D eigenvalue weighted by Crippen LogP contribution is -2.42. The predicted molar refractivity (Wildman–Crippen MR) is 71.3 cm³/mol. The third kappa shape index (κ3) is 3.13. The Bertz CT molecular complexity index is 313. The van der Waals surface area contributed by atoms with Crippen LogP contribution in [0.3, 0.4) is 0 Å². The first kappa shape index (κ1) is 11.8. The molecule has 2 rings (SSSR count). The molecular weight excluding hydrogens is 246 g/mol. The molecule has 0 aliphatic carbocycles. The Labute approximate surface area is 105 Å². The van der Waals surface area contributed by atoms with Crippen molar-refractivity contribution in [2.75, 3.05) is 23.9 Å². The second-order valence-corrected chi connectivity index (χ2v) is 6.49. The first-order chi connectivity index (χ1) is 7.29. The van der Waals surface area contributed by atoms with Gasteiger partial charge in [-0.05, 0) is 23.9 Å². The van der Waals surface area contributed by atoms with E-state index in [4.69, 9.17) is 11.6 Å². The SMILES string of the molecule is Cc1cc(CN2CCSCC2CCl)cs1. The van der Waals surface area contributed by atoms with Crippen LogP contribution < -0.4 is 0 Å². The normalized spacial score (nSPS) is 23.2. The lowest BCUT2D eigenvalue weighted by molar-refractivity contribution is 0.226. The number of alkyl halides is 1. The Morgan fingerprint density at radius 1 is 1.60 bits per heavy atom. The second kappa shape index (κ2) is 5.58. The smallest absolute Gasteiger partial charge is 0.0387 e. The number of aryl methyl sites for hydroxylation is 1. The van der Waals surface area contributed by atoms with Gasteiger partial charge in [0.05, 0.1) is 0 Å². The molecule has 1 unspecified atom stereocenters. The van der Waals surface area contributed by atoms with Crippen LogP contribution in [-0.2, 0) is 6.54 Å². The fourth-order valence-corrected chi connectivity index (χ4v) is 4.12. The zero-order chi connectivity index (χ0) is 10.7. The summed E-state index contributed by atoms with van der Waals surface area (Å²) in [5.74, 6) is 3.19. The average molecular weight is 262 g/mol. The topological polar surface area (TPSA) is 3.24 Å². The lowest BCUT2D eigenvalue weighted by Gasteiger charge is -2.33. The van der Waals surface area contributed by atoms with Gasteiger partial charge in [0, 0.05) is 41.4 Å². The van der Waals surface area contributed by atoms with Crippen molar-refractivity contribution in [3.05, 3.63) is 21.9 Å². The van der Waals surface area contributed by atoms with Gasteiger partial charge in [0.2, 0.25) is 0 Å². The van der Waals surface area contributed by atoms with Crippen LogP contribution in [-0.4, -0.2) is 34.9 Å². The fraction of sp³-hybridized carbons (Fsp3) is 0.636. The highest BCUT2D eigenvalue weighted by molar-refractivity contribution is 7.99. The molecule has 2 heterocycles. The first-order valence-corrected chi connectivity index (χ1v) is 7.78. The molecule has 1 nitrogen and oxygen atoms in total. The van der Waals surface area contributed by atoms with E-state index >= 15 is 0 Å². The first-order valence-electron chi connectivity index (χ1n) is 5.21. The molecule has 0 radical (unpaired) electrons. The highest BCUT2D eigenvalue weighted by atomic mass is 35.5. The molecule has 1 fully saturated rings. The van der Waals surface area contributed by atoms with Crippen LogP contribution in [0.15, 0.2) is 11.4 Å². The molecule has 15 heavy (non-hydrogen) atoms. The van der Waals surface area contributed by atoms with Crippen molar-refractivity contribution in [2.24, 2.45) is 0 Å². The highest BCUT2D eigenvalue weighted by Crippen LogP contribution is 2.22. The Balaban J connectivity index is 1.97. The van der Waals surface area contributed by atoms with Crippen LogP contribution >= 0.6 is 34.7 Å². The van der Waals surface area contributed by atoms with Crippen LogP contribution in [0.25, 0.3) is 0 Å². The van der Waals surface area contributed by atoms with E-state index in [-0.39, 0.29) is 0 Å². The van der Waals surface area contributed by atoms with E-state index < -0.39 is 0 Å². The van der Waals surface area contributed by atoms with Crippen molar-refractivity contribution >= 4 is 34.7 Å². The summed E-state index contributed by atoms with van der Waals surface area (Å²) in [5, 5.41) is 2.27. The monoisotopic (exact) mass is 261 g/mol. The molecule has 0 aromatic carbocycles. The van der Waals surface area contributed by atoms with Crippen LogP contribution in [0.4, 0.5) is 0 Å². The van der Waals surface area contributed by atoms with Crippen LogP contribution in [0, 0.1) is 6.92 Å². The van der Waals surface area contributed by atoms with Gasteiger partial charge < -0.3 is 0 Å². The number of hydrogen-bond donors (Lipinski definition) is 0. The number of thiophene rings is 1. The van der Waals surface area contributed by atoms with Gasteiger partial charge in [-0.15, -0.1) is 22.9 Å². The molecule has 0 N–H and O–H groups in total. The van der Waals surface area contributed by atoms with Gasteiger partial charge in [0.15, 0.2) is 0 Å². The summed E-state index contributed by atoms with van der Waals surface area (Å²) in [6.07, 6.45) is 0. The van der Waals surface area contributed by atoms with Gasteiger partial charge in [-0.1, -0.05) is 0 Å². The van der Waals surface area contributed by atoms with Crippen LogP contribution in [0.2, 0.25) is 0 Å². The number of halogens is 1. The van der Waals surface area contributed by atoms with Gasteiger partial charge in [0.1, 0.15) is 0 Å². The average Bonchev–Trinajstić information content (AvgIpc) is 2.65. The molecule has 1 aromatic heterocycles. The molecule has 1 aromatic rings. The molecule has 0 bridgehead atoms. The zero-order valence-corrected chi connectivity index (χ0v) is 11.3. The van der Waals surface area contributed by atoms with Gasteiger partial charge in [-0.25, -0.2) is 0 Å². The molecule has 1 atom stereocenters. The van der Waals surface area contributed by atoms with Crippen LogP contribution in [0.5, 0.6) is 0 Å².